The number of carbonyl (C=O) groups is 1. The molecule has 1 heterocycles. The predicted octanol–water partition coefficient (Wildman–Crippen LogP) is 2.44. The molecule has 0 unspecified atom stereocenters. The van der Waals surface area contributed by atoms with Gasteiger partial charge in [0.05, 0.1) is 5.69 Å². The molecule has 0 atom stereocenters. The van der Waals surface area contributed by atoms with Crippen LogP contribution in [-0.4, -0.2) is 12.5 Å². The van der Waals surface area contributed by atoms with Crippen LogP contribution in [-0.2, 0) is 6.42 Å². The molecular formula is C13H13FN2OS. The van der Waals surface area contributed by atoms with E-state index < -0.39 is 0 Å². The van der Waals surface area contributed by atoms with Crippen molar-refractivity contribution < 1.29 is 9.18 Å². The van der Waals surface area contributed by atoms with Crippen LogP contribution in [0.1, 0.15) is 15.2 Å². The van der Waals surface area contributed by atoms with Crippen molar-refractivity contribution in [1.29, 1.82) is 0 Å². The molecule has 0 spiro atoms. The van der Waals surface area contributed by atoms with E-state index in [-0.39, 0.29) is 11.7 Å². The summed E-state index contributed by atoms with van der Waals surface area (Å²) < 4.78 is 12.9. The average molecular weight is 264 g/mol. The van der Waals surface area contributed by atoms with E-state index in [1.165, 1.54) is 23.5 Å². The van der Waals surface area contributed by atoms with E-state index in [2.05, 4.69) is 5.32 Å². The second kappa shape index (κ2) is 5.64. The number of amides is 1. The lowest BCUT2D eigenvalue weighted by molar-refractivity contribution is 0.0959. The van der Waals surface area contributed by atoms with Crippen LogP contribution in [0, 0.1) is 5.82 Å². The van der Waals surface area contributed by atoms with Crippen molar-refractivity contribution in [3.05, 3.63) is 52.0 Å². The molecule has 1 aromatic heterocycles. The fourth-order valence-corrected chi connectivity index (χ4v) is 2.33. The smallest absolute Gasteiger partial charge is 0.263 e. The van der Waals surface area contributed by atoms with Gasteiger partial charge in [-0.3, -0.25) is 4.79 Å². The van der Waals surface area contributed by atoms with Crippen molar-refractivity contribution in [2.24, 2.45) is 0 Å². The first kappa shape index (κ1) is 12.6. The molecule has 0 aliphatic carbocycles. The molecular weight excluding hydrogens is 251 g/mol. The maximum absolute atomic E-state index is 12.9. The van der Waals surface area contributed by atoms with Gasteiger partial charge in [0.2, 0.25) is 0 Å². The Morgan fingerprint density at radius 2 is 2.22 bits per heavy atom. The Kier molecular flexibility index (Phi) is 3.94. The first-order valence-corrected chi connectivity index (χ1v) is 6.40. The summed E-state index contributed by atoms with van der Waals surface area (Å²) in [4.78, 5) is 12.3. The van der Waals surface area contributed by atoms with Gasteiger partial charge in [0.25, 0.3) is 5.91 Å². The van der Waals surface area contributed by atoms with Gasteiger partial charge in [0, 0.05) is 6.54 Å². The van der Waals surface area contributed by atoms with E-state index in [1.807, 2.05) is 6.07 Å². The van der Waals surface area contributed by atoms with Crippen LogP contribution in [0.25, 0.3) is 0 Å². The van der Waals surface area contributed by atoms with Gasteiger partial charge in [-0.1, -0.05) is 12.1 Å². The van der Waals surface area contributed by atoms with Crippen LogP contribution >= 0.6 is 11.3 Å². The highest BCUT2D eigenvalue weighted by Crippen LogP contribution is 2.18. The Bertz CT molecular complexity index is 553. The van der Waals surface area contributed by atoms with Crippen molar-refractivity contribution in [2.75, 3.05) is 12.3 Å². The number of nitrogens with one attached hydrogen (secondary N) is 1. The number of halogens is 1. The average Bonchev–Trinajstić information content (AvgIpc) is 2.75. The fraction of sp³-hybridized carbons (Fsp3) is 0.154. The van der Waals surface area contributed by atoms with Crippen molar-refractivity contribution in [3.8, 4) is 0 Å². The van der Waals surface area contributed by atoms with Crippen LogP contribution in [0.4, 0.5) is 10.1 Å². The van der Waals surface area contributed by atoms with Crippen molar-refractivity contribution in [3.63, 3.8) is 0 Å². The summed E-state index contributed by atoms with van der Waals surface area (Å²) in [6.07, 6.45) is 0.592. The van der Waals surface area contributed by atoms with E-state index >= 15 is 0 Å². The normalized spacial score (nSPS) is 10.3. The molecule has 18 heavy (non-hydrogen) atoms. The number of hydrogen-bond acceptors (Lipinski definition) is 3. The number of carbonyl (C=O) groups excluding carboxylic acids is 1. The second-order valence-electron chi connectivity index (χ2n) is 3.84. The molecule has 94 valence electrons. The molecule has 2 rings (SSSR count). The lowest BCUT2D eigenvalue weighted by Gasteiger charge is -2.04. The highest BCUT2D eigenvalue weighted by atomic mass is 32.1. The van der Waals surface area contributed by atoms with Gasteiger partial charge in [-0.15, -0.1) is 11.3 Å². The van der Waals surface area contributed by atoms with Gasteiger partial charge >= 0.3 is 0 Å². The first-order valence-electron chi connectivity index (χ1n) is 5.52. The summed E-state index contributed by atoms with van der Waals surface area (Å²) in [6.45, 7) is 0.458. The summed E-state index contributed by atoms with van der Waals surface area (Å²) in [5, 5.41) is 4.54. The standard InChI is InChI=1S/C13H13FN2OS/c14-10-3-1-2-9(8-10)4-6-16-13(17)12-11(15)5-7-18-12/h1-3,5,7-8H,4,6,15H2,(H,16,17). The largest absolute Gasteiger partial charge is 0.397 e. The van der Waals surface area contributed by atoms with Crippen LogP contribution in [0.2, 0.25) is 0 Å². The maximum atomic E-state index is 12.9. The number of nitrogens with two attached hydrogens (primary N) is 1. The van der Waals surface area contributed by atoms with Crippen molar-refractivity contribution >= 4 is 22.9 Å². The highest BCUT2D eigenvalue weighted by Gasteiger charge is 2.10. The summed E-state index contributed by atoms with van der Waals surface area (Å²) in [5.41, 5.74) is 6.99. The second-order valence-corrected chi connectivity index (χ2v) is 4.76. The van der Waals surface area contributed by atoms with E-state index in [9.17, 15) is 9.18 Å². The zero-order valence-electron chi connectivity index (χ0n) is 9.65. The number of rotatable bonds is 4. The molecule has 5 heteroatoms. The third-order valence-electron chi connectivity index (χ3n) is 2.49. The molecule has 2 aromatic rings. The molecule has 0 fully saturated rings. The number of hydrogen-bond donors (Lipinski definition) is 2. The Balaban J connectivity index is 1.86. The van der Waals surface area contributed by atoms with Gasteiger partial charge < -0.3 is 11.1 Å². The van der Waals surface area contributed by atoms with Gasteiger partial charge in [0.15, 0.2) is 0 Å². The minimum atomic E-state index is -0.263. The van der Waals surface area contributed by atoms with Crippen LogP contribution < -0.4 is 11.1 Å². The molecule has 1 aromatic carbocycles. The highest BCUT2D eigenvalue weighted by molar-refractivity contribution is 7.12. The fourth-order valence-electron chi connectivity index (χ4n) is 1.60. The molecule has 0 bridgehead atoms. The van der Waals surface area contributed by atoms with E-state index in [0.717, 1.165) is 5.56 Å². The van der Waals surface area contributed by atoms with Crippen LogP contribution in [0.3, 0.4) is 0 Å². The third-order valence-corrected chi connectivity index (χ3v) is 3.42. The van der Waals surface area contributed by atoms with Crippen molar-refractivity contribution in [1.82, 2.24) is 5.32 Å². The molecule has 0 saturated heterocycles. The Morgan fingerprint density at radius 1 is 1.39 bits per heavy atom. The van der Waals surface area contributed by atoms with E-state index in [0.29, 0.717) is 23.5 Å². The predicted molar refractivity (Wildman–Crippen MR) is 71.2 cm³/mol. The lowest BCUT2D eigenvalue weighted by Crippen LogP contribution is -2.25. The Hall–Kier alpha value is -1.88. The molecule has 1 amide bonds. The quantitative estimate of drug-likeness (QED) is 0.891. The summed E-state index contributed by atoms with van der Waals surface area (Å²) >= 11 is 1.31. The molecule has 0 aliphatic heterocycles. The molecule has 0 saturated carbocycles. The Morgan fingerprint density at radius 3 is 2.89 bits per heavy atom. The molecule has 0 radical (unpaired) electrons. The van der Waals surface area contributed by atoms with Gasteiger partial charge in [0.1, 0.15) is 10.7 Å². The van der Waals surface area contributed by atoms with Gasteiger partial charge in [-0.05, 0) is 35.6 Å². The minimum Gasteiger partial charge on any atom is -0.397 e. The monoisotopic (exact) mass is 264 g/mol. The lowest BCUT2D eigenvalue weighted by atomic mass is 10.1. The van der Waals surface area contributed by atoms with E-state index in [4.69, 9.17) is 5.73 Å². The van der Waals surface area contributed by atoms with Gasteiger partial charge in [-0.2, -0.15) is 0 Å². The zero-order chi connectivity index (χ0) is 13.0. The molecule has 3 N–H and O–H groups in total. The summed E-state index contributed by atoms with van der Waals surface area (Å²) in [7, 11) is 0. The third kappa shape index (κ3) is 3.07. The maximum Gasteiger partial charge on any atom is 0.263 e. The Labute approximate surface area is 108 Å². The molecule has 0 aliphatic rings. The number of nitrogen functional groups attached to an aromatic ring is 1. The zero-order valence-corrected chi connectivity index (χ0v) is 10.5. The number of anilines is 1. The first-order chi connectivity index (χ1) is 8.66. The molecule has 3 nitrogen and oxygen atoms in total. The SMILES string of the molecule is Nc1ccsc1C(=O)NCCc1cccc(F)c1. The van der Waals surface area contributed by atoms with Gasteiger partial charge in [-0.25, -0.2) is 4.39 Å². The van der Waals surface area contributed by atoms with Crippen molar-refractivity contribution in [2.45, 2.75) is 6.42 Å². The van der Waals surface area contributed by atoms with E-state index in [1.54, 1.807) is 17.5 Å². The number of thiophene rings is 1. The topological polar surface area (TPSA) is 55.1 Å². The number of benzene rings is 1. The summed E-state index contributed by atoms with van der Waals surface area (Å²) in [6, 6.07) is 8.05. The minimum absolute atomic E-state index is 0.182. The van der Waals surface area contributed by atoms with Crippen LogP contribution in [0.5, 0.6) is 0 Å². The summed E-state index contributed by atoms with van der Waals surface area (Å²) in [5.74, 6) is -0.444. The van der Waals surface area contributed by atoms with Crippen LogP contribution in [0.15, 0.2) is 35.7 Å².